The molecule has 0 aliphatic rings. The van der Waals surface area contributed by atoms with Gasteiger partial charge in [0.15, 0.2) is 12.2 Å². The number of methoxy groups -OCH3 is 1. The Kier molecular flexibility index (Phi) is 3.54. The SMILES string of the molecule is COC(=O)c1cnnn1CC(C)([N+](=O)[O-])[N+](=O)[O-]. The maximum Gasteiger partial charge on any atom is 0.474 e. The van der Waals surface area contributed by atoms with Gasteiger partial charge < -0.3 is 4.74 Å². The first kappa shape index (κ1) is 13.5. The van der Waals surface area contributed by atoms with Gasteiger partial charge in [0.25, 0.3) is 0 Å². The van der Waals surface area contributed by atoms with Crippen LogP contribution in [0.15, 0.2) is 6.20 Å². The standard InChI is InChI=1S/C7H9N5O6/c1-7(11(14)15,12(16)17)4-10-5(3-8-9-10)6(13)18-2/h3H,4H2,1-2H3. The Morgan fingerprint density at radius 3 is 2.50 bits per heavy atom. The summed E-state index contributed by atoms with van der Waals surface area (Å²) < 4.78 is 5.15. The van der Waals surface area contributed by atoms with Crippen LogP contribution < -0.4 is 0 Å². The highest BCUT2D eigenvalue weighted by molar-refractivity contribution is 5.86. The first-order valence-corrected chi connectivity index (χ1v) is 4.58. The van der Waals surface area contributed by atoms with Crippen molar-refractivity contribution < 1.29 is 19.4 Å². The summed E-state index contributed by atoms with van der Waals surface area (Å²) in [6, 6.07) is 0. The third-order valence-electron chi connectivity index (χ3n) is 2.25. The van der Waals surface area contributed by atoms with E-state index in [9.17, 15) is 25.0 Å². The number of carbonyl (C=O) groups is 1. The topological polar surface area (TPSA) is 143 Å². The molecule has 0 spiro atoms. The Hall–Kier alpha value is -2.59. The number of esters is 1. The summed E-state index contributed by atoms with van der Waals surface area (Å²) in [5.41, 5.74) is -2.70. The summed E-state index contributed by atoms with van der Waals surface area (Å²) >= 11 is 0. The van der Waals surface area contributed by atoms with Crippen molar-refractivity contribution in [3.05, 3.63) is 32.1 Å². The van der Waals surface area contributed by atoms with E-state index in [4.69, 9.17) is 0 Å². The molecule has 1 aromatic rings. The maximum absolute atomic E-state index is 11.3. The first-order valence-electron chi connectivity index (χ1n) is 4.58. The van der Waals surface area contributed by atoms with Gasteiger partial charge in [0, 0.05) is 0 Å². The third kappa shape index (κ3) is 2.23. The van der Waals surface area contributed by atoms with Crippen LogP contribution in [-0.4, -0.2) is 43.6 Å². The van der Waals surface area contributed by atoms with Crippen molar-refractivity contribution in [3.8, 4) is 0 Å². The van der Waals surface area contributed by atoms with E-state index in [1.807, 2.05) is 0 Å². The van der Waals surface area contributed by atoms with E-state index in [1.54, 1.807) is 0 Å². The molecule has 0 atom stereocenters. The second kappa shape index (κ2) is 4.73. The largest absolute Gasteiger partial charge is 0.474 e. The van der Waals surface area contributed by atoms with E-state index in [1.165, 1.54) is 0 Å². The van der Waals surface area contributed by atoms with E-state index in [2.05, 4.69) is 15.0 Å². The van der Waals surface area contributed by atoms with Crippen molar-refractivity contribution in [2.75, 3.05) is 7.11 Å². The monoisotopic (exact) mass is 259 g/mol. The van der Waals surface area contributed by atoms with Gasteiger partial charge in [0.1, 0.15) is 9.85 Å². The van der Waals surface area contributed by atoms with Gasteiger partial charge in [-0.25, -0.2) is 9.48 Å². The van der Waals surface area contributed by atoms with Crippen LogP contribution in [0.2, 0.25) is 0 Å². The molecule has 98 valence electrons. The molecule has 18 heavy (non-hydrogen) atoms. The molecule has 0 amide bonds. The molecule has 1 aromatic heterocycles. The molecule has 0 bridgehead atoms. The molecule has 0 saturated heterocycles. The summed E-state index contributed by atoms with van der Waals surface area (Å²) in [5, 5.41) is 28.2. The van der Waals surface area contributed by atoms with E-state index in [0.29, 0.717) is 0 Å². The highest BCUT2D eigenvalue weighted by Crippen LogP contribution is 2.14. The number of carbonyl (C=O) groups excluding carboxylic acids is 1. The van der Waals surface area contributed by atoms with Crippen molar-refractivity contribution in [2.24, 2.45) is 0 Å². The number of nitrogens with zero attached hydrogens (tertiary/aromatic N) is 5. The highest BCUT2D eigenvalue weighted by Gasteiger charge is 2.52. The lowest BCUT2D eigenvalue weighted by molar-refractivity contribution is -0.794. The summed E-state index contributed by atoms with van der Waals surface area (Å²) in [7, 11) is 1.10. The Balaban J connectivity index is 3.10. The summed E-state index contributed by atoms with van der Waals surface area (Å²) in [4.78, 5) is 30.6. The smallest absolute Gasteiger partial charge is 0.464 e. The Morgan fingerprint density at radius 2 is 2.06 bits per heavy atom. The van der Waals surface area contributed by atoms with E-state index < -0.39 is 28.0 Å². The number of hydrogen-bond donors (Lipinski definition) is 0. The second-order valence-electron chi connectivity index (χ2n) is 3.50. The lowest BCUT2D eigenvalue weighted by Crippen LogP contribution is -2.47. The summed E-state index contributed by atoms with van der Waals surface area (Å²) in [6.07, 6.45) is 1.01. The van der Waals surface area contributed by atoms with Gasteiger partial charge in [0.05, 0.1) is 20.2 Å². The lowest BCUT2D eigenvalue weighted by Gasteiger charge is -2.12. The maximum atomic E-state index is 11.3. The summed E-state index contributed by atoms with van der Waals surface area (Å²) in [5.74, 6) is -0.839. The van der Waals surface area contributed by atoms with Gasteiger partial charge in [0.2, 0.25) is 0 Å². The molecule has 0 aromatic carbocycles. The molecule has 0 unspecified atom stereocenters. The van der Waals surface area contributed by atoms with Crippen molar-refractivity contribution in [2.45, 2.75) is 19.1 Å². The molecule has 0 saturated carbocycles. The van der Waals surface area contributed by atoms with E-state index in [-0.39, 0.29) is 5.69 Å². The van der Waals surface area contributed by atoms with Crippen molar-refractivity contribution >= 4 is 5.97 Å². The van der Waals surface area contributed by atoms with Gasteiger partial charge in [-0.2, -0.15) is 0 Å². The van der Waals surface area contributed by atoms with Crippen molar-refractivity contribution in [1.29, 1.82) is 0 Å². The predicted molar refractivity (Wildman–Crippen MR) is 53.8 cm³/mol. The van der Waals surface area contributed by atoms with Crippen molar-refractivity contribution in [1.82, 2.24) is 15.0 Å². The van der Waals surface area contributed by atoms with Gasteiger partial charge >= 0.3 is 11.6 Å². The quantitative estimate of drug-likeness (QED) is 0.293. The lowest BCUT2D eigenvalue weighted by atomic mass is 10.2. The number of hydrogen-bond acceptors (Lipinski definition) is 8. The Bertz CT molecular complexity index is 482. The minimum absolute atomic E-state index is 0.201. The number of rotatable bonds is 5. The molecule has 0 aliphatic carbocycles. The van der Waals surface area contributed by atoms with Crippen LogP contribution >= 0.6 is 0 Å². The fraction of sp³-hybridized carbons (Fsp3) is 0.571. The van der Waals surface area contributed by atoms with Gasteiger partial charge in [-0.3, -0.25) is 20.2 Å². The zero-order valence-electron chi connectivity index (χ0n) is 9.47. The third-order valence-corrected chi connectivity index (χ3v) is 2.25. The Morgan fingerprint density at radius 1 is 1.50 bits per heavy atom. The molecule has 1 rings (SSSR count). The van der Waals surface area contributed by atoms with Crippen LogP contribution in [0.25, 0.3) is 0 Å². The van der Waals surface area contributed by atoms with Crippen LogP contribution in [0.5, 0.6) is 0 Å². The average Bonchev–Trinajstić information content (AvgIpc) is 2.75. The zero-order chi connectivity index (χ0) is 13.9. The minimum Gasteiger partial charge on any atom is -0.464 e. The van der Waals surface area contributed by atoms with Gasteiger partial charge in [-0.15, -0.1) is 5.10 Å². The highest BCUT2D eigenvalue weighted by atomic mass is 16.7. The van der Waals surface area contributed by atoms with E-state index in [0.717, 1.165) is 24.9 Å². The molecular weight excluding hydrogens is 250 g/mol. The van der Waals surface area contributed by atoms with Crippen LogP contribution in [0.1, 0.15) is 17.4 Å². The summed E-state index contributed by atoms with van der Waals surface area (Å²) in [6.45, 7) is 0.0766. The zero-order valence-corrected chi connectivity index (χ0v) is 9.47. The molecule has 0 aliphatic heterocycles. The fourth-order valence-corrected chi connectivity index (χ4v) is 1.10. The van der Waals surface area contributed by atoms with Crippen LogP contribution in [0.3, 0.4) is 0 Å². The van der Waals surface area contributed by atoms with Crippen molar-refractivity contribution in [3.63, 3.8) is 0 Å². The normalized spacial score (nSPS) is 11.0. The molecule has 0 radical (unpaired) electrons. The van der Waals surface area contributed by atoms with Crippen LogP contribution in [-0.2, 0) is 11.3 Å². The van der Waals surface area contributed by atoms with Gasteiger partial charge in [-0.05, 0) is 0 Å². The number of nitro groups is 2. The molecule has 0 N–H and O–H groups in total. The van der Waals surface area contributed by atoms with Crippen LogP contribution in [0.4, 0.5) is 0 Å². The molecule has 0 fully saturated rings. The predicted octanol–water partition coefficient (Wildman–Crippen LogP) is -0.666. The van der Waals surface area contributed by atoms with Crippen LogP contribution in [0, 0.1) is 20.2 Å². The fourth-order valence-electron chi connectivity index (χ4n) is 1.10. The molecular formula is C7H9N5O6. The minimum atomic E-state index is -2.50. The van der Waals surface area contributed by atoms with Gasteiger partial charge in [-0.1, -0.05) is 5.21 Å². The van der Waals surface area contributed by atoms with E-state index >= 15 is 0 Å². The number of aromatic nitrogens is 3. The average molecular weight is 259 g/mol. The molecule has 11 heteroatoms. The molecule has 11 nitrogen and oxygen atoms in total. The molecule has 1 heterocycles. The Labute approximate surface area is 99.6 Å². The second-order valence-corrected chi connectivity index (χ2v) is 3.50. The first-order chi connectivity index (χ1) is 8.32. The number of ether oxygens (including phenoxy) is 1.